The van der Waals surface area contributed by atoms with Crippen molar-refractivity contribution in [3.8, 4) is 0 Å². The fourth-order valence-electron chi connectivity index (χ4n) is 1.07. The van der Waals surface area contributed by atoms with E-state index in [9.17, 15) is 4.57 Å². The van der Waals surface area contributed by atoms with E-state index in [0.29, 0.717) is 10.9 Å². The maximum Gasteiger partial charge on any atom is 0.174 e. The summed E-state index contributed by atoms with van der Waals surface area (Å²) in [7, 11) is -1.64. The van der Waals surface area contributed by atoms with Gasteiger partial charge in [0.15, 0.2) is 7.80 Å². The summed E-state index contributed by atoms with van der Waals surface area (Å²) in [4.78, 5) is 8.06. The number of hydrogen-bond donors (Lipinski definition) is 0. The first kappa shape index (κ1) is 8.97. The Hall–Kier alpha value is -1.60. The Morgan fingerprint density at radius 2 is 1.36 bits per heavy atom. The third kappa shape index (κ3) is 1.83. The van der Waals surface area contributed by atoms with Gasteiger partial charge in [-0.3, -0.25) is 4.57 Å². The second-order valence-corrected chi connectivity index (χ2v) is 4.18. The van der Waals surface area contributed by atoms with E-state index < -0.39 is 7.80 Å². The molecular formula is C10H8N2OP. The molecule has 0 N–H and O–H groups in total. The van der Waals surface area contributed by atoms with Gasteiger partial charge in [0.2, 0.25) is 0 Å². The standard InChI is InChI=1S/C10H8N2OP/c13-14(9-5-1-3-7-11-9)10-6-2-4-8-12-10/h1-8H. The van der Waals surface area contributed by atoms with Crippen molar-refractivity contribution < 1.29 is 4.57 Å². The smallest absolute Gasteiger partial charge is 0.174 e. The number of aromatic nitrogens is 2. The van der Waals surface area contributed by atoms with Crippen LogP contribution in [0.2, 0.25) is 0 Å². The maximum atomic E-state index is 11.9. The predicted octanol–water partition coefficient (Wildman–Crippen LogP) is 1.25. The number of pyridine rings is 2. The monoisotopic (exact) mass is 203 g/mol. The molecule has 0 amide bonds. The predicted molar refractivity (Wildman–Crippen MR) is 55.3 cm³/mol. The Kier molecular flexibility index (Phi) is 2.61. The Bertz CT molecular complexity index is 389. The van der Waals surface area contributed by atoms with Crippen LogP contribution in [0, 0.1) is 0 Å². The molecule has 0 bridgehead atoms. The lowest BCUT2D eigenvalue weighted by atomic mass is 10.5. The van der Waals surface area contributed by atoms with Crippen LogP contribution in [0.3, 0.4) is 0 Å². The van der Waals surface area contributed by atoms with Gasteiger partial charge in [0.1, 0.15) is 10.9 Å². The minimum Gasteiger partial charge on any atom is -0.273 e. The molecule has 0 saturated heterocycles. The molecule has 69 valence electrons. The van der Waals surface area contributed by atoms with E-state index >= 15 is 0 Å². The zero-order valence-corrected chi connectivity index (χ0v) is 8.26. The number of nitrogens with zero attached hydrogens (tertiary/aromatic N) is 2. The largest absolute Gasteiger partial charge is 0.273 e. The Labute approximate surface area is 82.6 Å². The van der Waals surface area contributed by atoms with Gasteiger partial charge in [0.25, 0.3) is 0 Å². The molecule has 0 aliphatic rings. The van der Waals surface area contributed by atoms with Crippen molar-refractivity contribution in [1.29, 1.82) is 0 Å². The van der Waals surface area contributed by atoms with Crippen molar-refractivity contribution in [3.05, 3.63) is 48.8 Å². The van der Waals surface area contributed by atoms with E-state index in [1.54, 1.807) is 36.7 Å². The summed E-state index contributed by atoms with van der Waals surface area (Å²) < 4.78 is 11.9. The zero-order chi connectivity index (χ0) is 9.80. The third-order valence-electron chi connectivity index (χ3n) is 1.71. The summed E-state index contributed by atoms with van der Waals surface area (Å²) in [5.74, 6) is 0. The Morgan fingerprint density at radius 3 is 1.71 bits per heavy atom. The highest BCUT2D eigenvalue weighted by Gasteiger charge is 2.08. The van der Waals surface area contributed by atoms with Crippen molar-refractivity contribution in [2.75, 3.05) is 0 Å². The molecule has 2 aromatic rings. The average Bonchev–Trinajstić information content (AvgIpc) is 2.30. The van der Waals surface area contributed by atoms with E-state index in [0.717, 1.165) is 0 Å². The Balaban J connectivity index is 2.35. The molecule has 0 aromatic carbocycles. The first-order valence-corrected chi connectivity index (χ1v) is 5.43. The van der Waals surface area contributed by atoms with Crippen molar-refractivity contribution in [3.63, 3.8) is 0 Å². The number of hydrogen-bond acceptors (Lipinski definition) is 3. The molecule has 0 unspecified atom stereocenters. The van der Waals surface area contributed by atoms with Crippen molar-refractivity contribution in [2.24, 2.45) is 0 Å². The lowest BCUT2D eigenvalue weighted by Gasteiger charge is -1.97. The molecule has 1 radical (unpaired) electrons. The molecule has 0 atom stereocenters. The van der Waals surface area contributed by atoms with Crippen LogP contribution in [0.25, 0.3) is 0 Å². The fourth-order valence-corrected chi connectivity index (χ4v) is 2.09. The van der Waals surface area contributed by atoms with Crippen LogP contribution >= 0.6 is 7.80 Å². The highest BCUT2D eigenvalue weighted by Crippen LogP contribution is 2.15. The molecule has 4 heteroatoms. The summed E-state index contributed by atoms with van der Waals surface area (Å²) in [5, 5.41) is 0. The maximum absolute atomic E-state index is 11.9. The summed E-state index contributed by atoms with van der Waals surface area (Å²) in [6.07, 6.45) is 3.26. The second-order valence-electron chi connectivity index (χ2n) is 2.67. The van der Waals surface area contributed by atoms with Crippen LogP contribution in [-0.4, -0.2) is 9.97 Å². The molecule has 14 heavy (non-hydrogen) atoms. The van der Waals surface area contributed by atoms with Crippen LogP contribution < -0.4 is 10.9 Å². The minimum absolute atomic E-state index is 0.571. The summed E-state index contributed by atoms with van der Waals surface area (Å²) in [6.45, 7) is 0. The second kappa shape index (κ2) is 4.07. The number of rotatable bonds is 2. The van der Waals surface area contributed by atoms with Crippen LogP contribution in [-0.2, 0) is 4.57 Å². The van der Waals surface area contributed by atoms with E-state index in [1.807, 2.05) is 12.1 Å². The Morgan fingerprint density at radius 1 is 0.857 bits per heavy atom. The van der Waals surface area contributed by atoms with E-state index in [2.05, 4.69) is 9.97 Å². The first-order valence-electron chi connectivity index (χ1n) is 4.17. The fraction of sp³-hybridized carbons (Fsp3) is 0. The third-order valence-corrected chi connectivity index (χ3v) is 3.08. The molecule has 0 aliphatic carbocycles. The van der Waals surface area contributed by atoms with E-state index in [1.165, 1.54) is 0 Å². The van der Waals surface area contributed by atoms with Gasteiger partial charge >= 0.3 is 0 Å². The highest BCUT2D eigenvalue weighted by molar-refractivity contribution is 7.60. The van der Waals surface area contributed by atoms with Gasteiger partial charge in [-0.05, 0) is 24.3 Å². The van der Waals surface area contributed by atoms with Crippen LogP contribution in [0.15, 0.2) is 48.8 Å². The van der Waals surface area contributed by atoms with Crippen molar-refractivity contribution in [2.45, 2.75) is 0 Å². The summed E-state index contributed by atoms with van der Waals surface area (Å²) in [6, 6.07) is 10.7. The SMILES string of the molecule is O=[P](c1ccccn1)c1ccccn1. The van der Waals surface area contributed by atoms with Crippen molar-refractivity contribution >= 4 is 18.7 Å². The van der Waals surface area contributed by atoms with Gasteiger partial charge in [0.05, 0.1) is 0 Å². The first-order chi connectivity index (χ1) is 6.88. The molecule has 2 rings (SSSR count). The molecule has 2 aromatic heterocycles. The van der Waals surface area contributed by atoms with Gasteiger partial charge in [-0.1, -0.05) is 12.1 Å². The van der Waals surface area contributed by atoms with Gasteiger partial charge in [-0.2, -0.15) is 0 Å². The normalized spacial score (nSPS) is 9.71. The zero-order valence-electron chi connectivity index (χ0n) is 7.37. The molecule has 0 spiro atoms. The van der Waals surface area contributed by atoms with E-state index in [4.69, 9.17) is 0 Å². The molecule has 2 heterocycles. The molecular weight excluding hydrogens is 195 g/mol. The van der Waals surface area contributed by atoms with Crippen LogP contribution in [0.5, 0.6) is 0 Å². The topological polar surface area (TPSA) is 42.9 Å². The van der Waals surface area contributed by atoms with Gasteiger partial charge < -0.3 is 0 Å². The summed E-state index contributed by atoms with van der Waals surface area (Å²) >= 11 is 0. The quantitative estimate of drug-likeness (QED) is 0.690. The highest BCUT2D eigenvalue weighted by atomic mass is 31.1. The summed E-state index contributed by atoms with van der Waals surface area (Å²) in [5.41, 5.74) is 1.14. The van der Waals surface area contributed by atoms with Crippen molar-refractivity contribution in [1.82, 2.24) is 9.97 Å². The van der Waals surface area contributed by atoms with Gasteiger partial charge in [-0.15, -0.1) is 0 Å². The minimum atomic E-state index is -1.64. The molecule has 3 nitrogen and oxygen atoms in total. The lowest BCUT2D eigenvalue weighted by molar-refractivity contribution is 0.597. The average molecular weight is 203 g/mol. The van der Waals surface area contributed by atoms with Crippen LogP contribution in [0.1, 0.15) is 0 Å². The molecule has 0 aliphatic heterocycles. The van der Waals surface area contributed by atoms with Crippen LogP contribution in [0.4, 0.5) is 0 Å². The van der Waals surface area contributed by atoms with Gasteiger partial charge in [-0.25, -0.2) is 9.97 Å². The lowest BCUT2D eigenvalue weighted by Crippen LogP contribution is -2.11. The van der Waals surface area contributed by atoms with Gasteiger partial charge in [0, 0.05) is 12.4 Å². The molecule has 0 fully saturated rings. The van der Waals surface area contributed by atoms with E-state index in [-0.39, 0.29) is 0 Å². The molecule has 0 saturated carbocycles.